The number of ether oxygens (including phenoxy) is 2. The Balaban J connectivity index is 1.57. The Morgan fingerprint density at radius 3 is 2.67 bits per heavy atom. The molecule has 6 nitrogen and oxygen atoms in total. The predicted molar refractivity (Wildman–Crippen MR) is 98.6 cm³/mol. The van der Waals surface area contributed by atoms with E-state index in [1.54, 1.807) is 6.92 Å². The van der Waals surface area contributed by atoms with E-state index in [4.69, 9.17) is 13.9 Å². The van der Waals surface area contributed by atoms with Crippen molar-refractivity contribution in [3.05, 3.63) is 64.2 Å². The van der Waals surface area contributed by atoms with Crippen LogP contribution in [0.4, 0.5) is 4.39 Å². The molecule has 0 spiro atoms. The minimum atomic E-state index is -0.732. The summed E-state index contributed by atoms with van der Waals surface area (Å²) < 4.78 is 29.6. The number of halogens is 2. The van der Waals surface area contributed by atoms with Gasteiger partial charge in [0.2, 0.25) is 5.89 Å². The van der Waals surface area contributed by atoms with Gasteiger partial charge in [-0.1, -0.05) is 17.7 Å². The first-order valence-corrected chi connectivity index (χ1v) is 8.89. The fourth-order valence-electron chi connectivity index (χ4n) is 2.22. The predicted octanol–water partition coefficient (Wildman–Crippen LogP) is 4.63. The number of nitrogens with zero attached hydrogens (tertiary/aromatic N) is 2. The number of hydrogen-bond acceptors (Lipinski definition) is 6. The number of benzene rings is 2. The van der Waals surface area contributed by atoms with Gasteiger partial charge in [0.05, 0.1) is 4.47 Å². The van der Waals surface area contributed by atoms with Crippen molar-refractivity contribution in [1.29, 1.82) is 0 Å². The van der Waals surface area contributed by atoms with Gasteiger partial charge in [-0.05, 0) is 60.1 Å². The fourth-order valence-corrected chi connectivity index (χ4v) is 2.69. The van der Waals surface area contributed by atoms with Crippen molar-refractivity contribution in [3.63, 3.8) is 0 Å². The first-order valence-electron chi connectivity index (χ1n) is 8.10. The van der Waals surface area contributed by atoms with Gasteiger partial charge in [0.15, 0.2) is 12.7 Å². The minimum absolute atomic E-state index is 0.182. The molecule has 3 rings (SSSR count). The molecule has 0 aliphatic carbocycles. The van der Waals surface area contributed by atoms with E-state index in [9.17, 15) is 9.18 Å². The Hall–Kier alpha value is -2.74. The van der Waals surface area contributed by atoms with E-state index in [2.05, 4.69) is 26.1 Å². The van der Waals surface area contributed by atoms with Crippen LogP contribution in [0, 0.1) is 12.7 Å². The van der Waals surface area contributed by atoms with Crippen LogP contribution in [0.25, 0.3) is 11.5 Å². The third kappa shape index (κ3) is 4.91. The Bertz CT molecular complexity index is 943. The molecule has 0 radical (unpaired) electrons. The molecular formula is C19H16BrFN2O4. The smallest absolute Gasteiger partial charge is 0.344 e. The Labute approximate surface area is 163 Å². The molecule has 140 valence electrons. The topological polar surface area (TPSA) is 74.5 Å². The average Bonchev–Trinajstić information content (AvgIpc) is 3.12. The molecule has 1 unspecified atom stereocenters. The lowest BCUT2D eigenvalue weighted by molar-refractivity contribution is -0.152. The van der Waals surface area contributed by atoms with E-state index in [0.717, 1.165) is 11.1 Å². The van der Waals surface area contributed by atoms with Crippen LogP contribution in [-0.4, -0.2) is 22.8 Å². The molecule has 0 amide bonds. The number of carbonyl (C=O) groups is 1. The van der Waals surface area contributed by atoms with Crippen LogP contribution in [0.1, 0.15) is 24.5 Å². The van der Waals surface area contributed by atoms with E-state index in [1.807, 2.05) is 31.2 Å². The molecule has 0 saturated heterocycles. The number of carbonyl (C=O) groups excluding carboxylic acids is 1. The van der Waals surface area contributed by atoms with Gasteiger partial charge in [-0.25, -0.2) is 9.18 Å². The zero-order chi connectivity index (χ0) is 19.4. The summed E-state index contributed by atoms with van der Waals surface area (Å²) in [6.45, 7) is 3.27. The molecule has 2 aromatic carbocycles. The summed E-state index contributed by atoms with van der Waals surface area (Å²) in [5, 5.41) is 7.90. The summed E-state index contributed by atoms with van der Waals surface area (Å²) in [7, 11) is 0. The highest BCUT2D eigenvalue weighted by molar-refractivity contribution is 9.10. The second-order valence-electron chi connectivity index (χ2n) is 5.81. The van der Waals surface area contributed by atoms with E-state index < -0.39 is 17.9 Å². The molecule has 0 aliphatic rings. The minimum Gasteiger partial charge on any atom is -0.481 e. The van der Waals surface area contributed by atoms with E-state index in [1.165, 1.54) is 18.2 Å². The number of aromatic nitrogens is 2. The largest absolute Gasteiger partial charge is 0.481 e. The maximum Gasteiger partial charge on any atom is 0.344 e. The van der Waals surface area contributed by atoms with Crippen LogP contribution in [0.2, 0.25) is 0 Å². The van der Waals surface area contributed by atoms with Gasteiger partial charge in [0.25, 0.3) is 5.89 Å². The van der Waals surface area contributed by atoms with Crippen LogP contribution in [0.15, 0.2) is 51.4 Å². The summed E-state index contributed by atoms with van der Waals surface area (Å²) >= 11 is 3.16. The van der Waals surface area contributed by atoms with Crippen molar-refractivity contribution in [2.75, 3.05) is 6.61 Å². The van der Waals surface area contributed by atoms with Gasteiger partial charge in [-0.3, -0.25) is 0 Å². The first kappa shape index (κ1) is 19.0. The summed E-state index contributed by atoms with van der Waals surface area (Å²) in [5.41, 5.74) is 1.90. The Morgan fingerprint density at radius 1 is 1.22 bits per heavy atom. The van der Waals surface area contributed by atoms with Crippen molar-refractivity contribution in [1.82, 2.24) is 10.2 Å². The van der Waals surface area contributed by atoms with Gasteiger partial charge in [-0.15, -0.1) is 10.2 Å². The molecule has 0 aliphatic heterocycles. The summed E-state index contributed by atoms with van der Waals surface area (Å²) in [4.78, 5) is 12.0. The summed E-state index contributed by atoms with van der Waals surface area (Å²) in [5.74, 6) is -0.165. The highest BCUT2D eigenvalue weighted by atomic mass is 79.9. The van der Waals surface area contributed by atoms with Crippen molar-refractivity contribution in [2.45, 2.75) is 20.0 Å². The molecule has 8 heteroatoms. The van der Waals surface area contributed by atoms with Crippen molar-refractivity contribution >= 4 is 21.9 Å². The third-order valence-corrected chi connectivity index (χ3v) is 4.25. The monoisotopic (exact) mass is 434 g/mol. The van der Waals surface area contributed by atoms with Crippen LogP contribution >= 0.6 is 15.9 Å². The zero-order valence-electron chi connectivity index (χ0n) is 14.6. The highest BCUT2D eigenvalue weighted by Gasteiger charge is 2.19. The second-order valence-corrected chi connectivity index (χ2v) is 6.66. The molecule has 0 fully saturated rings. The quantitative estimate of drug-likeness (QED) is 0.526. The van der Waals surface area contributed by atoms with Gasteiger partial charge < -0.3 is 13.9 Å². The third-order valence-electron chi connectivity index (χ3n) is 3.63. The molecular weight excluding hydrogens is 419 g/mol. The standard InChI is InChI=1S/C19H16BrFN2O4/c1-11-3-5-13(6-4-11)19-23-22-18(27-19)12(2)26-17(24)10-25-16-8-7-14(21)9-15(16)20/h3-9,12H,10H2,1-2H3. The molecule has 1 aromatic heterocycles. The maximum absolute atomic E-state index is 13.0. The van der Waals surface area contributed by atoms with Gasteiger partial charge in [0.1, 0.15) is 11.6 Å². The van der Waals surface area contributed by atoms with E-state index in [-0.39, 0.29) is 12.5 Å². The van der Waals surface area contributed by atoms with E-state index in [0.29, 0.717) is 16.1 Å². The number of aryl methyl sites for hydroxylation is 1. The number of hydrogen-bond donors (Lipinski definition) is 0. The first-order chi connectivity index (χ1) is 12.9. The Kier molecular flexibility index (Phi) is 5.85. The van der Waals surface area contributed by atoms with Crippen LogP contribution < -0.4 is 4.74 Å². The zero-order valence-corrected chi connectivity index (χ0v) is 16.2. The molecule has 0 bridgehead atoms. The van der Waals surface area contributed by atoms with Crippen molar-refractivity contribution in [2.24, 2.45) is 0 Å². The van der Waals surface area contributed by atoms with Crippen LogP contribution in [0.5, 0.6) is 5.75 Å². The van der Waals surface area contributed by atoms with E-state index >= 15 is 0 Å². The van der Waals surface area contributed by atoms with Crippen LogP contribution in [0.3, 0.4) is 0 Å². The van der Waals surface area contributed by atoms with Gasteiger partial charge >= 0.3 is 5.97 Å². The fraction of sp³-hybridized carbons (Fsp3) is 0.211. The molecule has 27 heavy (non-hydrogen) atoms. The second kappa shape index (κ2) is 8.30. The SMILES string of the molecule is Cc1ccc(-c2nnc(C(C)OC(=O)COc3ccc(F)cc3Br)o2)cc1. The van der Waals surface area contributed by atoms with Crippen LogP contribution in [-0.2, 0) is 9.53 Å². The summed E-state index contributed by atoms with van der Waals surface area (Å²) in [6, 6.07) is 11.5. The molecule has 3 aromatic rings. The summed E-state index contributed by atoms with van der Waals surface area (Å²) in [6.07, 6.45) is -0.732. The van der Waals surface area contributed by atoms with Crippen molar-refractivity contribution in [3.8, 4) is 17.2 Å². The molecule has 1 atom stereocenters. The average molecular weight is 435 g/mol. The molecule has 0 N–H and O–H groups in total. The lowest BCUT2D eigenvalue weighted by Crippen LogP contribution is -2.17. The van der Waals surface area contributed by atoms with Gasteiger partial charge in [-0.2, -0.15) is 0 Å². The van der Waals surface area contributed by atoms with Gasteiger partial charge in [0, 0.05) is 5.56 Å². The maximum atomic E-state index is 13.0. The molecule has 0 saturated carbocycles. The normalized spacial score (nSPS) is 11.9. The highest BCUT2D eigenvalue weighted by Crippen LogP contribution is 2.26. The van der Waals surface area contributed by atoms with Crippen molar-refractivity contribution < 1.29 is 23.1 Å². The number of esters is 1. The Morgan fingerprint density at radius 2 is 1.96 bits per heavy atom. The molecule has 1 heterocycles. The lowest BCUT2D eigenvalue weighted by atomic mass is 10.1. The lowest BCUT2D eigenvalue weighted by Gasteiger charge is -2.11. The number of rotatable bonds is 6.